The summed E-state index contributed by atoms with van der Waals surface area (Å²) in [5.74, 6) is 0.899. The van der Waals surface area contributed by atoms with Crippen LogP contribution in [0.3, 0.4) is 0 Å². The Balaban J connectivity index is 2.68. The molecule has 2 atom stereocenters. The number of aliphatic hydroxyl groups excluding tert-OH is 1. The molecule has 3 N–H and O–H groups in total. The molecule has 0 fully saturated rings. The Labute approximate surface area is 97.1 Å². The minimum absolute atomic E-state index is 0.0203. The van der Waals surface area contributed by atoms with E-state index < -0.39 is 0 Å². The number of hydrogen-bond acceptors (Lipinski definition) is 4. The van der Waals surface area contributed by atoms with Gasteiger partial charge in [-0.3, -0.25) is 0 Å². The number of pyridine rings is 1. The molecule has 0 amide bonds. The molecule has 1 rings (SSSR count). The fourth-order valence-electron chi connectivity index (χ4n) is 1.42. The fourth-order valence-corrected chi connectivity index (χ4v) is 1.42. The van der Waals surface area contributed by atoms with Gasteiger partial charge in [-0.25, -0.2) is 4.98 Å². The van der Waals surface area contributed by atoms with Crippen LogP contribution < -0.4 is 10.6 Å². The molecule has 4 nitrogen and oxygen atoms in total. The lowest BCUT2D eigenvalue weighted by Gasteiger charge is -2.20. The summed E-state index contributed by atoms with van der Waals surface area (Å²) in [6, 6.07) is 3.94. The normalized spacial score (nSPS) is 14.6. The summed E-state index contributed by atoms with van der Waals surface area (Å²) in [7, 11) is 1.97. The largest absolute Gasteiger partial charge is 0.393 e. The van der Waals surface area contributed by atoms with E-state index in [2.05, 4.69) is 4.98 Å². The zero-order valence-corrected chi connectivity index (χ0v) is 10.2. The molecule has 1 aromatic rings. The second-order valence-electron chi connectivity index (χ2n) is 4.30. The summed E-state index contributed by atoms with van der Waals surface area (Å²) in [4.78, 5) is 6.31. The van der Waals surface area contributed by atoms with Crippen molar-refractivity contribution in [2.45, 2.75) is 32.4 Å². The molecule has 0 radical (unpaired) electrons. The van der Waals surface area contributed by atoms with Gasteiger partial charge in [-0.2, -0.15) is 0 Å². The topological polar surface area (TPSA) is 62.4 Å². The van der Waals surface area contributed by atoms with E-state index in [0.717, 1.165) is 24.3 Å². The van der Waals surface area contributed by atoms with Gasteiger partial charge in [0.05, 0.1) is 6.10 Å². The monoisotopic (exact) mass is 223 g/mol. The van der Waals surface area contributed by atoms with Gasteiger partial charge in [0.25, 0.3) is 0 Å². The molecule has 0 aliphatic carbocycles. The summed E-state index contributed by atoms with van der Waals surface area (Å²) in [5, 5.41) is 9.22. The summed E-state index contributed by atoms with van der Waals surface area (Å²) in [6.07, 6.45) is 2.23. The predicted octanol–water partition coefficient (Wildman–Crippen LogP) is 1.31. The number of aromatic nitrogens is 1. The van der Waals surface area contributed by atoms with Crippen LogP contribution >= 0.6 is 0 Å². The van der Waals surface area contributed by atoms with Crippen molar-refractivity contribution in [3.63, 3.8) is 0 Å². The number of anilines is 1. The van der Waals surface area contributed by atoms with Gasteiger partial charge in [-0.15, -0.1) is 0 Å². The van der Waals surface area contributed by atoms with Gasteiger partial charge in [0, 0.05) is 25.8 Å². The minimum Gasteiger partial charge on any atom is -0.393 e. The number of rotatable bonds is 5. The third-order valence-corrected chi connectivity index (χ3v) is 2.57. The van der Waals surface area contributed by atoms with Crippen molar-refractivity contribution in [1.82, 2.24) is 4.98 Å². The van der Waals surface area contributed by atoms with E-state index in [-0.39, 0.29) is 12.1 Å². The Bertz CT molecular complexity index is 326. The van der Waals surface area contributed by atoms with E-state index in [1.54, 1.807) is 13.1 Å². The predicted molar refractivity (Wildman–Crippen MR) is 66.4 cm³/mol. The Morgan fingerprint density at radius 1 is 1.50 bits per heavy atom. The SMILES string of the molecule is CC(O)CCN(C)c1cc([C@@H](C)N)ccn1. The van der Waals surface area contributed by atoms with Crippen molar-refractivity contribution >= 4 is 5.82 Å². The van der Waals surface area contributed by atoms with Crippen LogP contribution in [-0.4, -0.2) is 29.8 Å². The molecule has 0 aliphatic heterocycles. The molecular weight excluding hydrogens is 202 g/mol. The summed E-state index contributed by atoms with van der Waals surface area (Å²) in [6.45, 7) is 4.53. The highest BCUT2D eigenvalue weighted by Crippen LogP contribution is 2.15. The number of nitrogens with zero attached hydrogens (tertiary/aromatic N) is 2. The van der Waals surface area contributed by atoms with Gasteiger partial charge >= 0.3 is 0 Å². The van der Waals surface area contributed by atoms with Crippen molar-refractivity contribution in [1.29, 1.82) is 0 Å². The maximum Gasteiger partial charge on any atom is 0.128 e. The quantitative estimate of drug-likeness (QED) is 0.790. The fraction of sp³-hybridized carbons (Fsp3) is 0.583. The molecule has 0 saturated heterocycles. The average Bonchev–Trinajstić information content (AvgIpc) is 2.26. The van der Waals surface area contributed by atoms with Gasteiger partial charge < -0.3 is 15.7 Å². The molecule has 0 saturated carbocycles. The van der Waals surface area contributed by atoms with Crippen LogP contribution in [0.25, 0.3) is 0 Å². The lowest BCUT2D eigenvalue weighted by atomic mass is 10.1. The molecule has 1 heterocycles. The number of aliphatic hydroxyl groups is 1. The van der Waals surface area contributed by atoms with Gasteiger partial charge in [0.15, 0.2) is 0 Å². The van der Waals surface area contributed by atoms with Crippen LogP contribution in [0, 0.1) is 0 Å². The maximum atomic E-state index is 9.22. The van der Waals surface area contributed by atoms with Crippen LogP contribution in [0.5, 0.6) is 0 Å². The van der Waals surface area contributed by atoms with E-state index >= 15 is 0 Å². The number of hydrogen-bond donors (Lipinski definition) is 2. The lowest BCUT2D eigenvalue weighted by Crippen LogP contribution is -2.23. The van der Waals surface area contributed by atoms with Crippen LogP contribution in [-0.2, 0) is 0 Å². The summed E-state index contributed by atoms with van der Waals surface area (Å²) < 4.78 is 0. The van der Waals surface area contributed by atoms with Gasteiger partial charge in [-0.05, 0) is 38.0 Å². The first-order valence-corrected chi connectivity index (χ1v) is 5.61. The molecule has 0 spiro atoms. The van der Waals surface area contributed by atoms with Crippen LogP contribution in [0.2, 0.25) is 0 Å². The highest BCUT2D eigenvalue weighted by atomic mass is 16.3. The first kappa shape index (κ1) is 12.9. The maximum absolute atomic E-state index is 9.22. The van der Waals surface area contributed by atoms with E-state index in [4.69, 9.17) is 5.73 Å². The molecule has 90 valence electrons. The Morgan fingerprint density at radius 3 is 2.75 bits per heavy atom. The van der Waals surface area contributed by atoms with Crippen molar-refractivity contribution < 1.29 is 5.11 Å². The zero-order valence-electron chi connectivity index (χ0n) is 10.2. The van der Waals surface area contributed by atoms with E-state index in [1.807, 2.05) is 31.0 Å². The second kappa shape index (κ2) is 5.82. The molecule has 1 unspecified atom stereocenters. The van der Waals surface area contributed by atoms with Crippen molar-refractivity contribution in [2.24, 2.45) is 5.73 Å². The first-order chi connectivity index (χ1) is 7.50. The number of nitrogens with two attached hydrogens (primary N) is 1. The average molecular weight is 223 g/mol. The van der Waals surface area contributed by atoms with Crippen molar-refractivity contribution in [3.05, 3.63) is 23.9 Å². The second-order valence-corrected chi connectivity index (χ2v) is 4.30. The van der Waals surface area contributed by atoms with Crippen LogP contribution in [0.15, 0.2) is 18.3 Å². The minimum atomic E-state index is -0.279. The van der Waals surface area contributed by atoms with E-state index in [0.29, 0.717) is 0 Å². The first-order valence-electron chi connectivity index (χ1n) is 5.61. The summed E-state index contributed by atoms with van der Waals surface area (Å²) >= 11 is 0. The van der Waals surface area contributed by atoms with E-state index in [1.165, 1.54) is 0 Å². The van der Waals surface area contributed by atoms with Gasteiger partial charge in [0.2, 0.25) is 0 Å². The summed E-state index contributed by atoms with van der Waals surface area (Å²) in [5.41, 5.74) is 6.90. The third kappa shape index (κ3) is 3.79. The van der Waals surface area contributed by atoms with Crippen LogP contribution in [0.1, 0.15) is 31.9 Å². The molecule has 4 heteroatoms. The molecule has 0 aromatic carbocycles. The van der Waals surface area contributed by atoms with Gasteiger partial charge in [0.1, 0.15) is 5.82 Å². The Hall–Kier alpha value is -1.13. The Morgan fingerprint density at radius 2 is 2.19 bits per heavy atom. The molecule has 0 aliphatic rings. The van der Waals surface area contributed by atoms with Crippen molar-refractivity contribution in [3.8, 4) is 0 Å². The molecule has 1 aromatic heterocycles. The highest BCUT2D eigenvalue weighted by molar-refractivity contribution is 5.40. The zero-order chi connectivity index (χ0) is 12.1. The highest BCUT2D eigenvalue weighted by Gasteiger charge is 2.06. The molecule has 0 bridgehead atoms. The van der Waals surface area contributed by atoms with Gasteiger partial charge in [-0.1, -0.05) is 0 Å². The van der Waals surface area contributed by atoms with E-state index in [9.17, 15) is 5.11 Å². The van der Waals surface area contributed by atoms with Crippen molar-refractivity contribution in [2.75, 3.05) is 18.5 Å². The standard InChI is InChI=1S/C12H21N3O/c1-9(16)5-7-15(3)12-8-11(10(2)13)4-6-14-12/h4,6,8-10,16H,5,7,13H2,1-3H3/t9?,10-/m1/s1. The smallest absolute Gasteiger partial charge is 0.128 e. The molecule has 16 heavy (non-hydrogen) atoms. The lowest BCUT2D eigenvalue weighted by molar-refractivity contribution is 0.187. The van der Waals surface area contributed by atoms with Crippen LogP contribution in [0.4, 0.5) is 5.82 Å². The third-order valence-electron chi connectivity index (χ3n) is 2.57. The Kier molecular flexibility index (Phi) is 4.71. The molecular formula is C12H21N3O.